The van der Waals surface area contributed by atoms with Crippen LogP contribution in [0.15, 0.2) is 0 Å². The topological polar surface area (TPSA) is 35.5 Å². The molecule has 0 saturated carbocycles. The summed E-state index contributed by atoms with van der Waals surface area (Å²) in [6.45, 7) is 12.9. The quantitative estimate of drug-likeness (QED) is 0.714. The van der Waals surface area contributed by atoms with Crippen LogP contribution < -0.4 is 0 Å². The molecule has 1 heterocycles. The molecule has 0 amide bonds. The molecule has 100 valence electrons. The van der Waals surface area contributed by atoms with Crippen LogP contribution in [0.25, 0.3) is 0 Å². The fraction of sp³-hybridized carbons (Fsp3) is 0.929. The third kappa shape index (κ3) is 3.44. The molecule has 0 spiro atoms. The monoisotopic (exact) mass is 242 g/mol. The van der Waals surface area contributed by atoms with Crippen molar-refractivity contribution in [1.29, 1.82) is 0 Å². The highest BCUT2D eigenvalue weighted by Gasteiger charge is 2.40. The van der Waals surface area contributed by atoms with Crippen molar-refractivity contribution >= 4 is 5.97 Å². The van der Waals surface area contributed by atoms with Crippen LogP contribution in [0.4, 0.5) is 0 Å². The minimum atomic E-state index is -0.229. The third-order valence-corrected chi connectivity index (χ3v) is 4.20. The van der Waals surface area contributed by atoms with Gasteiger partial charge in [0, 0.05) is 6.92 Å². The molecule has 1 rings (SSSR count). The number of rotatable bonds is 3. The van der Waals surface area contributed by atoms with Crippen molar-refractivity contribution < 1.29 is 14.3 Å². The first-order valence-electron chi connectivity index (χ1n) is 6.63. The molecular formula is C14H26O3. The van der Waals surface area contributed by atoms with Gasteiger partial charge in [-0.15, -0.1) is 0 Å². The van der Waals surface area contributed by atoms with Crippen molar-refractivity contribution in [2.24, 2.45) is 23.7 Å². The lowest BCUT2D eigenvalue weighted by atomic mass is 9.74. The molecule has 1 aliphatic heterocycles. The highest BCUT2D eigenvalue weighted by Crippen LogP contribution is 2.37. The number of esters is 1. The Morgan fingerprint density at radius 3 is 2.24 bits per heavy atom. The molecule has 17 heavy (non-hydrogen) atoms. The molecule has 3 nitrogen and oxygen atoms in total. The summed E-state index contributed by atoms with van der Waals surface area (Å²) >= 11 is 0. The van der Waals surface area contributed by atoms with Crippen molar-refractivity contribution in [2.45, 2.75) is 53.8 Å². The lowest BCUT2D eigenvalue weighted by Gasteiger charge is -2.45. The number of carbonyl (C=O) groups is 1. The maximum atomic E-state index is 10.9. The summed E-state index contributed by atoms with van der Waals surface area (Å²) in [5, 5.41) is 0. The van der Waals surface area contributed by atoms with E-state index in [2.05, 4.69) is 34.6 Å². The molecule has 1 saturated heterocycles. The second kappa shape index (κ2) is 5.85. The molecule has 0 bridgehead atoms. The van der Waals surface area contributed by atoms with Crippen molar-refractivity contribution in [3.8, 4) is 0 Å². The van der Waals surface area contributed by atoms with E-state index in [4.69, 9.17) is 9.47 Å². The van der Waals surface area contributed by atoms with Crippen LogP contribution in [0, 0.1) is 23.7 Å². The van der Waals surface area contributed by atoms with Crippen LogP contribution in [0.2, 0.25) is 0 Å². The van der Waals surface area contributed by atoms with E-state index >= 15 is 0 Å². The zero-order valence-corrected chi connectivity index (χ0v) is 11.9. The lowest BCUT2D eigenvalue weighted by molar-refractivity contribution is -0.176. The Bertz CT molecular complexity index is 262. The minimum Gasteiger partial charge on any atom is -0.463 e. The summed E-state index contributed by atoms with van der Waals surface area (Å²) in [5.74, 6) is 1.85. The van der Waals surface area contributed by atoms with E-state index in [1.165, 1.54) is 6.92 Å². The highest BCUT2D eigenvalue weighted by molar-refractivity contribution is 5.65. The lowest BCUT2D eigenvalue weighted by Crippen LogP contribution is -2.48. The first kappa shape index (κ1) is 14.5. The molecule has 1 aliphatic rings. The molecular weight excluding hydrogens is 216 g/mol. The average Bonchev–Trinajstić information content (AvgIpc) is 2.24. The molecule has 0 radical (unpaired) electrons. The third-order valence-electron chi connectivity index (χ3n) is 4.20. The molecule has 0 aliphatic carbocycles. The van der Waals surface area contributed by atoms with Crippen molar-refractivity contribution in [3.63, 3.8) is 0 Å². The minimum absolute atomic E-state index is 0.0394. The SMILES string of the molecule is CC(=O)OC[C@H]1OC(C(C)C)[C@H](C)[C@@H](C)[C@@H]1C. The molecule has 0 aromatic rings. The van der Waals surface area contributed by atoms with Crippen LogP contribution in [0.1, 0.15) is 41.5 Å². The summed E-state index contributed by atoms with van der Waals surface area (Å²) in [7, 11) is 0. The molecule has 0 aromatic carbocycles. The Balaban J connectivity index is 2.67. The van der Waals surface area contributed by atoms with Gasteiger partial charge in [0.1, 0.15) is 6.61 Å². The maximum Gasteiger partial charge on any atom is 0.302 e. The summed E-state index contributed by atoms with van der Waals surface area (Å²) < 4.78 is 11.2. The average molecular weight is 242 g/mol. The summed E-state index contributed by atoms with van der Waals surface area (Å²) in [6, 6.07) is 0. The second-order valence-electron chi connectivity index (χ2n) is 5.76. The van der Waals surface area contributed by atoms with E-state index in [0.717, 1.165) is 0 Å². The van der Waals surface area contributed by atoms with E-state index in [1.807, 2.05) is 0 Å². The summed E-state index contributed by atoms with van der Waals surface area (Å²) in [4.78, 5) is 10.9. The van der Waals surface area contributed by atoms with Gasteiger partial charge in [-0.05, 0) is 23.7 Å². The number of hydrogen-bond donors (Lipinski definition) is 0. The zero-order valence-electron chi connectivity index (χ0n) is 11.9. The fourth-order valence-electron chi connectivity index (χ4n) is 2.72. The Morgan fingerprint density at radius 2 is 1.76 bits per heavy atom. The van der Waals surface area contributed by atoms with Crippen LogP contribution >= 0.6 is 0 Å². The number of ether oxygens (including phenoxy) is 2. The number of hydrogen-bond acceptors (Lipinski definition) is 3. The van der Waals surface area contributed by atoms with E-state index in [9.17, 15) is 4.79 Å². The first-order chi connectivity index (χ1) is 7.84. The van der Waals surface area contributed by atoms with Crippen molar-refractivity contribution in [1.82, 2.24) is 0 Å². The van der Waals surface area contributed by atoms with Crippen molar-refractivity contribution in [2.75, 3.05) is 6.61 Å². The predicted octanol–water partition coefficient (Wildman–Crippen LogP) is 2.88. The smallest absolute Gasteiger partial charge is 0.302 e. The molecule has 1 fully saturated rings. The van der Waals surface area contributed by atoms with Gasteiger partial charge < -0.3 is 9.47 Å². The Hall–Kier alpha value is -0.570. The van der Waals surface area contributed by atoms with Gasteiger partial charge in [-0.3, -0.25) is 4.79 Å². The van der Waals surface area contributed by atoms with E-state index in [1.54, 1.807) is 0 Å². The van der Waals surface area contributed by atoms with Gasteiger partial charge in [0.15, 0.2) is 0 Å². The fourth-order valence-corrected chi connectivity index (χ4v) is 2.72. The van der Waals surface area contributed by atoms with Crippen LogP contribution in [0.3, 0.4) is 0 Å². The van der Waals surface area contributed by atoms with Gasteiger partial charge in [0.25, 0.3) is 0 Å². The van der Waals surface area contributed by atoms with Gasteiger partial charge in [-0.25, -0.2) is 0 Å². The van der Waals surface area contributed by atoms with Gasteiger partial charge >= 0.3 is 5.97 Å². The standard InChI is InChI=1S/C14H26O3/c1-8(2)14-11(5)9(3)10(4)13(17-14)7-16-12(6)15/h8-11,13-14H,7H2,1-6H3/t9-,10-,11+,13+,14?/m0/s1. The second-order valence-corrected chi connectivity index (χ2v) is 5.76. The summed E-state index contributed by atoms with van der Waals surface area (Å²) in [6.07, 6.45) is 0.305. The van der Waals surface area contributed by atoms with Gasteiger partial charge in [0.05, 0.1) is 12.2 Å². The van der Waals surface area contributed by atoms with Crippen molar-refractivity contribution in [3.05, 3.63) is 0 Å². The first-order valence-corrected chi connectivity index (χ1v) is 6.63. The summed E-state index contributed by atoms with van der Waals surface area (Å²) in [5.41, 5.74) is 0. The van der Waals surface area contributed by atoms with Gasteiger partial charge in [-0.1, -0.05) is 34.6 Å². The van der Waals surface area contributed by atoms with E-state index in [0.29, 0.717) is 30.3 Å². The van der Waals surface area contributed by atoms with E-state index < -0.39 is 0 Å². The van der Waals surface area contributed by atoms with Crippen LogP contribution in [-0.4, -0.2) is 24.8 Å². The largest absolute Gasteiger partial charge is 0.463 e. The molecule has 3 heteroatoms. The Kier molecular flexibility index (Phi) is 4.99. The highest BCUT2D eigenvalue weighted by atomic mass is 16.6. The molecule has 0 aromatic heterocycles. The normalized spacial score (nSPS) is 38.2. The van der Waals surface area contributed by atoms with E-state index in [-0.39, 0.29) is 18.2 Å². The zero-order chi connectivity index (χ0) is 13.2. The molecule has 5 atom stereocenters. The molecule has 1 unspecified atom stereocenters. The Labute approximate surface area is 105 Å². The number of carbonyl (C=O) groups excluding carboxylic acids is 1. The molecule has 0 N–H and O–H groups in total. The van der Waals surface area contributed by atoms with Crippen LogP contribution in [0.5, 0.6) is 0 Å². The van der Waals surface area contributed by atoms with Crippen LogP contribution in [-0.2, 0) is 14.3 Å². The van der Waals surface area contributed by atoms with Gasteiger partial charge in [0.2, 0.25) is 0 Å². The maximum absolute atomic E-state index is 10.9. The van der Waals surface area contributed by atoms with Gasteiger partial charge in [-0.2, -0.15) is 0 Å². The Morgan fingerprint density at radius 1 is 1.18 bits per heavy atom. The predicted molar refractivity (Wildman–Crippen MR) is 67.6 cm³/mol.